The van der Waals surface area contributed by atoms with Gasteiger partial charge in [0.05, 0.1) is 17.9 Å². The van der Waals surface area contributed by atoms with Crippen LogP contribution < -0.4 is 10.2 Å². The van der Waals surface area contributed by atoms with Gasteiger partial charge in [0.1, 0.15) is 0 Å². The van der Waals surface area contributed by atoms with Crippen molar-refractivity contribution < 1.29 is 0 Å². The smallest absolute Gasteiger partial charge is 0.151 e. The molecule has 1 saturated heterocycles. The summed E-state index contributed by atoms with van der Waals surface area (Å²) in [6.07, 6.45) is 6.21. The van der Waals surface area contributed by atoms with Crippen LogP contribution in [0.25, 0.3) is 0 Å². The Labute approximate surface area is 113 Å². The van der Waals surface area contributed by atoms with E-state index in [0.717, 1.165) is 36.8 Å². The predicted octanol–water partition coefficient (Wildman–Crippen LogP) is 2.03. The molecule has 3 rings (SSSR count). The highest BCUT2D eigenvalue weighted by molar-refractivity contribution is 5.65. The van der Waals surface area contributed by atoms with E-state index >= 15 is 0 Å². The maximum absolute atomic E-state index is 4.52. The molecular weight excluding hydrogens is 238 g/mol. The topological polar surface area (TPSA) is 46.0 Å². The molecule has 100 valence electrons. The van der Waals surface area contributed by atoms with E-state index in [1.807, 2.05) is 36.3 Å². The van der Waals surface area contributed by atoms with Crippen molar-refractivity contribution in [2.24, 2.45) is 7.05 Å². The van der Waals surface area contributed by atoms with Crippen LogP contribution in [0.5, 0.6) is 0 Å². The molecule has 0 radical (unpaired) electrons. The zero-order valence-corrected chi connectivity index (χ0v) is 11.2. The molecule has 1 fully saturated rings. The zero-order chi connectivity index (χ0) is 13.1. The van der Waals surface area contributed by atoms with E-state index in [4.69, 9.17) is 0 Å². The first-order valence-corrected chi connectivity index (χ1v) is 6.75. The van der Waals surface area contributed by atoms with Crippen molar-refractivity contribution >= 4 is 11.5 Å². The van der Waals surface area contributed by atoms with Gasteiger partial charge >= 0.3 is 0 Å². The Bertz CT molecular complexity index is 542. The lowest BCUT2D eigenvalue weighted by atomic mass is 10.3. The second-order valence-electron chi connectivity index (χ2n) is 4.87. The van der Waals surface area contributed by atoms with E-state index < -0.39 is 0 Å². The van der Waals surface area contributed by atoms with Crippen molar-refractivity contribution in [2.75, 3.05) is 23.3 Å². The van der Waals surface area contributed by atoms with Crippen molar-refractivity contribution in [3.05, 3.63) is 36.3 Å². The molecule has 0 bridgehead atoms. The second kappa shape index (κ2) is 5.30. The van der Waals surface area contributed by atoms with Crippen molar-refractivity contribution in [3.8, 4) is 0 Å². The molecule has 0 unspecified atom stereocenters. The fraction of sp³-hybridized carbons (Fsp3) is 0.429. The molecule has 3 heterocycles. The van der Waals surface area contributed by atoms with Crippen molar-refractivity contribution in [2.45, 2.75) is 19.4 Å². The van der Waals surface area contributed by atoms with Crippen molar-refractivity contribution in [1.82, 2.24) is 14.8 Å². The van der Waals surface area contributed by atoms with E-state index in [0.29, 0.717) is 0 Å². The third-order valence-corrected chi connectivity index (χ3v) is 3.57. The first kappa shape index (κ1) is 12.0. The third-order valence-electron chi connectivity index (χ3n) is 3.57. The Morgan fingerprint density at radius 2 is 2.05 bits per heavy atom. The number of rotatable bonds is 4. The van der Waals surface area contributed by atoms with Gasteiger partial charge in [0.25, 0.3) is 0 Å². The van der Waals surface area contributed by atoms with E-state index in [9.17, 15) is 0 Å². The van der Waals surface area contributed by atoms with Gasteiger partial charge in [-0.1, -0.05) is 0 Å². The van der Waals surface area contributed by atoms with Gasteiger partial charge in [0, 0.05) is 32.5 Å². The predicted molar refractivity (Wildman–Crippen MR) is 76.2 cm³/mol. The molecule has 5 nitrogen and oxygen atoms in total. The molecule has 5 heteroatoms. The summed E-state index contributed by atoms with van der Waals surface area (Å²) < 4.78 is 1.89. The fourth-order valence-corrected chi connectivity index (χ4v) is 2.48. The van der Waals surface area contributed by atoms with Crippen LogP contribution in [0.1, 0.15) is 18.5 Å². The van der Waals surface area contributed by atoms with E-state index in [2.05, 4.69) is 26.4 Å². The maximum Gasteiger partial charge on any atom is 0.151 e. The molecule has 1 aliphatic rings. The molecule has 1 N–H and O–H groups in total. The molecule has 0 saturated carbocycles. The SMILES string of the molecule is Cn1nccc1CNc1cccnc1N1CCCC1. The Balaban J connectivity index is 1.75. The Morgan fingerprint density at radius 3 is 2.79 bits per heavy atom. The van der Waals surface area contributed by atoms with E-state index in [1.54, 1.807) is 0 Å². The maximum atomic E-state index is 4.52. The Morgan fingerprint density at radius 1 is 1.21 bits per heavy atom. The van der Waals surface area contributed by atoms with Crippen molar-refractivity contribution in [3.63, 3.8) is 0 Å². The van der Waals surface area contributed by atoms with Crippen LogP contribution in [0.3, 0.4) is 0 Å². The number of anilines is 2. The quantitative estimate of drug-likeness (QED) is 0.910. The molecule has 2 aromatic rings. The Kier molecular flexibility index (Phi) is 3.35. The first-order valence-electron chi connectivity index (χ1n) is 6.75. The van der Waals surface area contributed by atoms with Gasteiger partial charge in [-0.3, -0.25) is 4.68 Å². The molecule has 0 spiro atoms. The average molecular weight is 257 g/mol. The lowest BCUT2D eigenvalue weighted by Gasteiger charge is -2.20. The van der Waals surface area contributed by atoms with Gasteiger partial charge in [-0.2, -0.15) is 5.10 Å². The molecule has 0 aliphatic carbocycles. The number of hydrogen-bond acceptors (Lipinski definition) is 4. The summed E-state index contributed by atoms with van der Waals surface area (Å²) in [5.74, 6) is 1.07. The number of hydrogen-bond donors (Lipinski definition) is 1. The monoisotopic (exact) mass is 257 g/mol. The standard InChI is InChI=1S/C14H19N5/c1-18-12(6-8-17-18)11-16-13-5-4-7-15-14(13)19-9-2-3-10-19/h4-8,16H,2-3,9-11H2,1H3. The summed E-state index contributed by atoms with van der Waals surface area (Å²) >= 11 is 0. The molecule has 0 aromatic carbocycles. The van der Waals surface area contributed by atoms with Gasteiger partial charge in [-0.05, 0) is 31.0 Å². The van der Waals surface area contributed by atoms with Crippen LogP contribution in [-0.2, 0) is 13.6 Å². The molecular formula is C14H19N5. The minimum atomic E-state index is 0.767. The van der Waals surface area contributed by atoms with Crippen LogP contribution in [0, 0.1) is 0 Å². The average Bonchev–Trinajstić information content (AvgIpc) is 3.08. The zero-order valence-electron chi connectivity index (χ0n) is 11.2. The summed E-state index contributed by atoms with van der Waals surface area (Å²) in [5.41, 5.74) is 2.27. The largest absolute Gasteiger partial charge is 0.376 e. The summed E-state index contributed by atoms with van der Waals surface area (Å²) in [4.78, 5) is 6.88. The molecule has 19 heavy (non-hydrogen) atoms. The highest BCUT2D eigenvalue weighted by Gasteiger charge is 2.16. The number of aryl methyl sites for hydroxylation is 1. The fourth-order valence-electron chi connectivity index (χ4n) is 2.48. The van der Waals surface area contributed by atoms with Crippen molar-refractivity contribution in [1.29, 1.82) is 0 Å². The third kappa shape index (κ3) is 2.54. The Hall–Kier alpha value is -2.04. The van der Waals surface area contributed by atoms with Crippen LogP contribution in [-0.4, -0.2) is 27.9 Å². The van der Waals surface area contributed by atoms with Gasteiger partial charge in [0.2, 0.25) is 0 Å². The van der Waals surface area contributed by atoms with E-state index in [-0.39, 0.29) is 0 Å². The number of nitrogens with zero attached hydrogens (tertiary/aromatic N) is 4. The number of pyridine rings is 1. The lowest BCUT2D eigenvalue weighted by molar-refractivity contribution is 0.720. The molecule has 1 aliphatic heterocycles. The summed E-state index contributed by atoms with van der Waals surface area (Å²) in [7, 11) is 1.96. The number of nitrogens with one attached hydrogen (secondary N) is 1. The summed E-state index contributed by atoms with van der Waals surface area (Å²) in [6, 6.07) is 6.10. The summed E-state index contributed by atoms with van der Waals surface area (Å²) in [5, 5.41) is 7.65. The number of aromatic nitrogens is 3. The lowest BCUT2D eigenvalue weighted by Crippen LogP contribution is -2.20. The normalized spacial score (nSPS) is 14.9. The second-order valence-corrected chi connectivity index (χ2v) is 4.87. The van der Waals surface area contributed by atoms with Crippen LogP contribution in [0.4, 0.5) is 11.5 Å². The summed E-state index contributed by atoms with van der Waals surface area (Å²) in [6.45, 7) is 2.98. The van der Waals surface area contributed by atoms with Crippen LogP contribution in [0.2, 0.25) is 0 Å². The van der Waals surface area contributed by atoms with E-state index in [1.165, 1.54) is 12.8 Å². The highest BCUT2D eigenvalue weighted by Crippen LogP contribution is 2.26. The highest BCUT2D eigenvalue weighted by atomic mass is 15.3. The molecule has 0 amide bonds. The molecule has 2 aromatic heterocycles. The molecule has 0 atom stereocenters. The van der Waals surface area contributed by atoms with Crippen LogP contribution >= 0.6 is 0 Å². The van der Waals surface area contributed by atoms with Gasteiger partial charge in [-0.15, -0.1) is 0 Å². The van der Waals surface area contributed by atoms with Gasteiger partial charge in [0.15, 0.2) is 5.82 Å². The van der Waals surface area contributed by atoms with Gasteiger partial charge in [-0.25, -0.2) is 4.98 Å². The van der Waals surface area contributed by atoms with Crippen LogP contribution in [0.15, 0.2) is 30.6 Å². The van der Waals surface area contributed by atoms with Gasteiger partial charge < -0.3 is 10.2 Å². The minimum Gasteiger partial charge on any atom is -0.376 e. The first-order chi connectivity index (χ1) is 9.34. The minimum absolute atomic E-state index is 0.767.